The molecule has 1 rings (SSSR count). The average Bonchev–Trinajstić information content (AvgIpc) is 2.16. The van der Waals surface area contributed by atoms with Crippen molar-refractivity contribution in [1.82, 2.24) is 0 Å². The van der Waals surface area contributed by atoms with E-state index in [4.69, 9.17) is 10.8 Å². The van der Waals surface area contributed by atoms with Crippen molar-refractivity contribution >= 4 is 5.69 Å². The topological polar surface area (TPSA) is 110 Å². The van der Waals surface area contributed by atoms with Crippen molar-refractivity contribution in [3.63, 3.8) is 0 Å². The minimum atomic E-state index is -1.15. The molecule has 82 valence electrons. The highest BCUT2D eigenvalue weighted by Gasteiger charge is 2.20. The molecule has 0 aliphatic rings. The lowest BCUT2D eigenvalue weighted by molar-refractivity contribution is -0.387. The summed E-state index contributed by atoms with van der Waals surface area (Å²) in [6.45, 7) is -0.504. The zero-order valence-electron chi connectivity index (χ0n) is 7.55. The summed E-state index contributed by atoms with van der Waals surface area (Å²) in [5.74, 6) is -1.66. The van der Waals surface area contributed by atoms with Crippen LogP contribution in [0.15, 0.2) is 12.1 Å². The summed E-state index contributed by atoms with van der Waals surface area (Å²) in [5.41, 5.74) is 4.51. The van der Waals surface area contributed by atoms with E-state index >= 15 is 0 Å². The van der Waals surface area contributed by atoms with Crippen LogP contribution >= 0.6 is 0 Å². The predicted molar refractivity (Wildman–Crippen MR) is 48.7 cm³/mol. The second-order valence-electron chi connectivity index (χ2n) is 2.91. The van der Waals surface area contributed by atoms with Gasteiger partial charge in [0.1, 0.15) is 5.75 Å². The van der Waals surface area contributed by atoms with E-state index in [1.165, 1.54) is 0 Å². The van der Waals surface area contributed by atoms with Crippen molar-refractivity contribution in [2.75, 3.05) is 6.61 Å². The van der Waals surface area contributed by atoms with Crippen molar-refractivity contribution in [2.45, 2.75) is 6.04 Å². The summed E-state index contributed by atoms with van der Waals surface area (Å²) >= 11 is 0. The normalized spacial score (nSPS) is 12.5. The summed E-state index contributed by atoms with van der Waals surface area (Å²) in [6, 6.07) is 0.429. The third kappa shape index (κ3) is 2.20. The van der Waals surface area contributed by atoms with Gasteiger partial charge in [0.2, 0.25) is 5.82 Å². The highest BCUT2D eigenvalue weighted by molar-refractivity contribution is 5.45. The quantitative estimate of drug-likeness (QED) is 0.501. The standard InChI is InChI=1S/C8H9FN2O4/c9-5-2-8(13)4(6(10)3-12)1-7(5)11(14)15/h1-2,6,12-13H,3,10H2. The minimum absolute atomic E-state index is 0.0643. The number of benzene rings is 1. The van der Waals surface area contributed by atoms with E-state index in [1.807, 2.05) is 0 Å². The number of hydrogen-bond acceptors (Lipinski definition) is 5. The smallest absolute Gasteiger partial charge is 0.305 e. The van der Waals surface area contributed by atoms with Crippen LogP contribution in [0.5, 0.6) is 5.75 Å². The van der Waals surface area contributed by atoms with E-state index in [0.717, 1.165) is 6.07 Å². The molecule has 0 bridgehead atoms. The molecule has 0 aromatic heterocycles. The van der Waals surface area contributed by atoms with Gasteiger partial charge in [0, 0.05) is 17.7 Å². The van der Waals surface area contributed by atoms with Crippen LogP contribution in [0, 0.1) is 15.9 Å². The van der Waals surface area contributed by atoms with Crippen molar-refractivity contribution < 1.29 is 19.5 Å². The molecule has 1 aromatic rings. The fourth-order valence-electron chi connectivity index (χ4n) is 1.10. The van der Waals surface area contributed by atoms with Gasteiger partial charge in [-0.15, -0.1) is 0 Å². The molecule has 1 unspecified atom stereocenters. The molecule has 0 amide bonds. The number of aromatic hydroxyl groups is 1. The van der Waals surface area contributed by atoms with Crippen LogP contribution in [0.4, 0.5) is 10.1 Å². The fourth-order valence-corrected chi connectivity index (χ4v) is 1.10. The van der Waals surface area contributed by atoms with Gasteiger partial charge in [-0.05, 0) is 0 Å². The monoisotopic (exact) mass is 216 g/mol. The van der Waals surface area contributed by atoms with Gasteiger partial charge in [-0.3, -0.25) is 10.1 Å². The van der Waals surface area contributed by atoms with Crippen molar-refractivity contribution in [3.8, 4) is 5.75 Å². The molecule has 0 aliphatic heterocycles. The third-order valence-electron chi connectivity index (χ3n) is 1.89. The van der Waals surface area contributed by atoms with Crippen LogP contribution in [0.1, 0.15) is 11.6 Å². The zero-order chi connectivity index (χ0) is 11.6. The Kier molecular flexibility index (Phi) is 3.17. The SMILES string of the molecule is NC(CO)c1cc([N+](=O)[O-])c(F)cc1O. The van der Waals surface area contributed by atoms with E-state index in [-0.39, 0.29) is 5.56 Å². The van der Waals surface area contributed by atoms with Crippen molar-refractivity contribution in [3.05, 3.63) is 33.6 Å². The van der Waals surface area contributed by atoms with Crippen LogP contribution in [0.3, 0.4) is 0 Å². The summed E-state index contributed by atoms with van der Waals surface area (Å²) in [6.07, 6.45) is 0. The van der Waals surface area contributed by atoms with Gasteiger partial charge >= 0.3 is 5.69 Å². The van der Waals surface area contributed by atoms with Gasteiger partial charge in [-0.25, -0.2) is 0 Å². The first-order valence-corrected chi connectivity index (χ1v) is 4.00. The lowest BCUT2D eigenvalue weighted by Crippen LogP contribution is -2.15. The molecule has 0 saturated heterocycles. The molecular weight excluding hydrogens is 207 g/mol. The van der Waals surface area contributed by atoms with Crippen LogP contribution in [-0.2, 0) is 0 Å². The third-order valence-corrected chi connectivity index (χ3v) is 1.89. The summed E-state index contributed by atoms with van der Waals surface area (Å²) in [4.78, 5) is 9.45. The Morgan fingerprint density at radius 2 is 2.20 bits per heavy atom. The van der Waals surface area contributed by atoms with Crippen LogP contribution in [0.2, 0.25) is 0 Å². The molecule has 0 radical (unpaired) electrons. The van der Waals surface area contributed by atoms with E-state index < -0.39 is 34.8 Å². The van der Waals surface area contributed by atoms with E-state index in [9.17, 15) is 19.6 Å². The summed E-state index contributed by atoms with van der Waals surface area (Å²) < 4.78 is 12.9. The second kappa shape index (κ2) is 4.20. The van der Waals surface area contributed by atoms with Crippen LogP contribution in [-0.4, -0.2) is 21.7 Å². The van der Waals surface area contributed by atoms with Crippen molar-refractivity contribution in [2.24, 2.45) is 5.73 Å². The second-order valence-corrected chi connectivity index (χ2v) is 2.91. The molecule has 15 heavy (non-hydrogen) atoms. The number of nitrogens with two attached hydrogens (primary N) is 1. The number of nitrogens with zero attached hydrogens (tertiary/aromatic N) is 1. The maximum absolute atomic E-state index is 12.9. The number of aliphatic hydroxyl groups excluding tert-OH is 1. The highest BCUT2D eigenvalue weighted by atomic mass is 19.1. The van der Waals surface area contributed by atoms with Crippen LogP contribution in [0.25, 0.3) is 0 Å². The Morgan fingerprint density at radius 3 is 2.67 bits per heavy atom. The first-order chi connectivity index (χ1) is 6.97. The number of rotatable bonds is 3. The highest BCUT2D eigenvalue weighted by Crippen LogP contribution is 2.29. The first kappa shape index (κ1) is 11.3. The van der Waals surface area contributed by atoms with Gasteiger partial charge in [0.05, 0.1) is 17.6 Å². The van der Waals surface area contributed by atoms with E-state index in [0.29, 0.717) is 6.07 Å². The first-order valence-electron chi connectivity index (χ1n) is 4.00. The van der Waals surface area contributed by atoms with Crippen molar-refractivity contribution in [1.29, 1.82) is 0 Å². The zero-order valence-corrected chi connectivity index (χ0v) is 7.55. The molecule has 0 heterocycles. The number of nitro benzene ring substituents is 1. The maximum Gasteiger partial charge on any atom is 0.305 e. The fraction of sp³-hybridized carbons (Fsp3) is 0.250. The van der Waals surface area contributed by atoms with Crippen LogP contribution < -0.4 is 5.73 Å². The Hall–Kier alpha value is -1.73. The van der Waals surface area contributed by atoms with E-state index in [1.54, 1.807) is 0 Å². The molecule has 0 spiro atoms. The average molecular weight is 216 g/mol. The lowest BCUT2D eigenvalue weighted by atomic mass is 10.1. The number of phenols is 1. The Bertz CT molecular complexity index is 396. The van der Waals surface area contributed by atoms with Gasteiger partial charge in [0.25, 0.3) is 0 Å². The molecule has 7 heteroatoms. The molecule has 0 aliphatic carbocycles. The number of halogens is 1. The number of nitro groups is 1. The van der Waals surface area contributed by atoms with Gasteiger partial charge in [-0.2, -0.15) is 4.39 Å². The molecule has 0 saturated carbocycles. The molecule has 1 aromatic carbocycles. The maximum atomic E-state index is 12.9. The minimum Gasteiger partial charge on any atom is -0.507 e. The Morgan fingerprint density at radius 1 is 1.60 bits per heavy atom. The van der Waals surface area contributed by atoms with E-state index in [2.05, 4.69) is 0 Å². The largest absolute Gasteiger partial charge is 0.507 e. The summed E-state index contributed by atoms with van der Waals surface area (Å²) in [5, 5.41) is 28.3. The molecule has 1 atom stereocenters. The Balaban J connectivity index is 3.29. The number of hydrogen-bond donors (Lipinski definition) is 3. The molecular formula is C8H9FN2O4. The predicted octanol–water partition coefficient (Wildman–Crippen LogP) is 0.432. The molecule has 4 N–H and O–H groups in total. The Labute approximate surface area is 83.9 Å². The van der Waals surface area contributed by atoms with Gasteiger partial charge < -0.3 is 15.9 Å². The van der Waals surface area contributed by atoms with Gasteiger partial charge in [0.15, 0.2) is 0 Å². The van der Waals surface area contributed by atoms with Gasteiger partial charge in [-0.1, -0.05) is 0 Å². The molecule has 0 fully saturated rings. The number of phenolic OH excluding ortho intramolecular Hbond substituents is 1. The lowest BCUT2D eigenvalue weighted by Gasteiger charge is -2.10. The number of aliphatic hydroxyl groups is 1. The summed E-state index contributed by atoms with van der Waals surface area (Å²) in [7, 11) is 0. The molecule has 6 nitrogen and oxygen atoms in total.